The van der Waals surface area contributed by atoms with Crippen molar-refractivity contribution in [1.29, 1.82) is 0 Å². The molecule has 1 N–H and O–H groups in total. The smallest absolute Gasteiger partial charge is 0.227 e. The molecule has 104 valence electrons. The van der Waals surface area contributed by atoms with Crippen molar-refractivity contribution in [3.05, 3.63) is 23.8 Å². The predicted molar refractivity (Wildman–Crippen MR) is 72.7 cm³/mol. The molecule has 0 bridgehead atoms. The van der Waals surface area contributed by atoms with E-state index in [1.807, 2.05) is 23.1 Å². The van der Waals surface area contributed by atoms with Crippen molar-refractivity contribution in [3.63, 3.8) is 0 Å². The van der Waals surface area contributed by atoms with E-state index in [9.17, 15) is 4.79 Å². The number of ether oxygens (including phenoxy) is 2. The molecule has 1 aliphatic heterocycles. The molecule has 0 aliphatic carbocycles. The van der Waals surface area contributed by atoms with Gasteiger partial charge in [-0.3, -0.25) is 4.79 Å². The maximum atomic E-state index is 12.3. The van der Waals surface area contributed by atoms with Crippen LogP contribution in [0.15, 0.2) is 18.2 Å². The fourth-order valence-corrected chi connectivity index (χ4v) is 2.28. The molecule has 0 radical (unpaired) electrons. The van der Waals surface area contributed by atoms with Gasteiger partial charge < -0.3 is 19.7 Å². The van der Waals surface area contributed by atoms with Crippen LogP contribution in [0.25, 0.3) is 0 Å². The summed E-state index contributed by atoms with van der Waals surface area (Å²) in [5.74, 6) is 1.51. The normalized spacial score (nSPS) is 15.2. The molecule has 5 heteroatoms. The van der Waals surface area contributed by atoms with Crippen LogP contribution in [0.1, 0.15) is 5.56 Å². The number of amides is 1. The van der Waals surface area contributed by atoms with Crippen molar-refractivity contribution < 1.29 is 14.3 Å². The zero-order chi connectivity index (χ0) is 13.7. The predicted octanol–water partition coefficient (Wildman–Crippen LogP) is 0.678. The van der Waals surface area contributed by atoms with E-state index in [-0.39, 0.29) is 5.91 Å². The highest BCUT2D eigenvalue weighted by Crippen LogP contribution is 2.29. The largest absolute Gasteiger partial charge is 0.496 e. The Hall–Kier alpha value is -1.75. The zero-order valence-electron chi connectivity index (χ0n) is 11.4. The fourth-order valence-electron chi connectivity index (χ4n) is 2.28. The lowest BCUT2D eigenvalue weighted by atomic mass is 10.1. The van der Waals surface area contributed by atoms with Crippen molar-refractivity contribution >= 4 is 5.91 Å². The van der Waals surface area contributed by atoms with Gasteiger partial charge in [0.15, 0.2) is 0 Å². The number of carbonyl (C=O) groups excluding carboxylic acids is 1. The van der Waals surface area contributed by atoms with Gasteiger partial charge >= 0.3 is 0 Å². The van der Waals surface area contributed by atoms with E-state index in [1.54, 1.807) is 14.2 Å². The molecule has 1 aromatic rings. The van der Waals surface area contributed by atoms with E-state index in [1.165, 1.54) is 0 Å². The highest BCUT2D eigenvalue weighted by atomic mass is 16.5. The maximum absolute atomic E-state index is 12.3. The van der Waals surface area contributed by atoms with Crippen LogP contribution in [0.2, 0.25) is 0 Å². The minimum atomic E-state index is 0.115. The molecule has 1 saturated heterocycles. The summed E-state index contributed by atoms with van der Waals surface area (Å²) in [6.07, 6.45) is 0.313. The number of nitrogens with one attached hydrogen (secondary N) is 1. The van der Waals surface area contributed by atoms with Crippen LogP contribution < -0.4 is 14.8 Å². The standard InChI is InChI=1S/C14H20N2O3/c1-18-12-4-3-5-13(19-2)11(12)10-14(17)16-8-6-15-7-9-16/h3-5,15H,6-10H2,1-2H3. The van der Waals surface area contributed by atoms with E-state index in [4.69, 9.17) is 9.47 Å². The lowest BCUT2D eigenvalue weighted by Gasteiger charge is -2.28. The lowest BCUT2D eigenvalue weighted by molar-refractivity contribution is -0.131. The first-order valence-electron chi connectivity index (χ1n) is 6.44. The van der Waals surface area contributed by atoms with Crippen LogP contribution in [0.5, 0.6) is 11.5 Å². The van der Waals surface area contributed by atoms with Crippen molar-refractivity contribution in [2.24, 2.45) is 0 Å². The molecule has 0 atom stereocenters. The number of rotatable bonds is 4. The number of piperazine rings is 1. The van der Waals surface area contributed by atoms with E-state index >= 15 is 0 Å². The van der Waals surface area contributed by atoms with Gasteiger partial charge in [0.25, 0.3) is 0 Å². The van der Waals surface area contributed by atoms with Gasteiger partial charge in [-0.05, 0) is 12.1 Å². The molecule has 2 rings (SSSR count). The first kappa shape index (κ1) is 13.7. The molecular weight excluding hydrogens is 244 g/mol. The third-order valence-electron chi connectivity index (χ3n) is 3.33. The number of hydrogen-bond donors (Lipinski definition) is 1. The minimum absolute atomic E-state index is 0.115. The van der Waals surface area contributed by atoms with Crippen molar-refractivity contribution in [2.75, 3.05) is 40.4 Å². The molecule has 1 aromatic carbocycles. The van der Waals surface area contributed by atoms with Crippen LogP contribution in [0.4, 0.5) is 0 Å². The molecule has 0 unspecified atom stereocenters. The summed E-state index contributed by atoms with van der Waals surface area (Å²) < 4.78 is 10.6. The van der Waals surface area contributed by atoms with Gasteiger partial charge in [-0.15, -0.1) is 0 Å². The highest BCUT2D eigenvalue weighted by molar-refractivity contribution is 5.80. The maximum Gasteiger partial charge on any atom is 0.227 e. The second kappa shape index (κ2) is 6.43. The third kappa shape index (κ3) is 3.17. The summed E-state index contributed by atoms with van der Waals surface area (Å²) in [7, 11) is 3.21. The van der Waals surface area contributed by atoms with Crippen molar-refractivity contribution in [1.82, 2.24) is 10.2 Å². The quantitative estimate of drug-likeness (QED) is 0.869. The Bertz CT molecular complexity index is 420. The Kier molecular flexibility index (Phi) is 4.63. The Labute approximate surface area is 113 Å². The molecule has 1 heterocycles. The number of nitrogens with zero attached hydrogens (tertiary/aromatic N) is 1. The van der Waals surface area contributed by atoms with Gasteiger partial charge in [-0.25, -0.2) is 0 Å². The molecule has 5 nitrogen and oxygen atoms in total. The monoisotopic (exact) mass is 264 g/mol. The highest BCUT2D eigenvalue weighted by Gasteiger charge is 2.20. The summed E-state index contributed by atoms with van der Waals surface area (Å²) in [6.45, 7) is 3.23. The van der Waals surface area contributed by atoms with Crippen LogP contribution >= 0.6 is 0 Å². The first-order chi connectivity index (χ1) is 9.26. The van der Waals surface area contributed by atoms with Gasteiger partial charge in [0, 0.05) is 31.7 Å². The molecule has 19 heavy (non-hydrogen) atoms. The summed E-state index contributed by atoms with van der Waals surface area (Å²) >= 11 is 0. The van der Waals surface area contributed by atoms with Gasteiger partial charge in [0.05, 0.1) is 20.6 Å². The minimum Gasteiger partial charge on any atom is -0.496 e. The van der Waals surface area contributed by atoms with Gasteiger partial charge in [0.2, 0.25) is 5.91 Å². The Morgan fingerprint density at radius 2 is 1.79 bits per heavy atom. The first-order valence-corrected chi connectivity index (χ1v) is 6.44. The zero-order valence-corrected chi connectivity index (χ0v) is 11.4. The summed E-state index contributed by atoms with van der Waals surface area (Å²) in [5, 5.41) is 3.24. The second-order valence-corrected chi connectivity index (χ2v) is 4.45. The molecule has 0 saturated carbocycles. The van der Waals surface area contributed by atoms with Gasteiger partial charge in [-0.2, -0.15) is 0 Å². The summed E-state index contributed by atoms with van der Waals surface area (Å²) in [6, 6.07) is 5.56. The Morgan fingerprint density at radius 1 is 1.21 bits per heavy atom. The van der Waals surface area contributed by atoms with E-state index in [0.29, 0.717) is 17.9 Å². The van der Waals surface area contributed by atoms with Crippen LogP contribution in [0, 0.1) is 0 Å². The van der Waals surface area contributed by atoms with Crippen LogP contribution in [-0.4, -0.2) is 51.2 Å². The van der Waals surface area contributed by atoms with E-state index in [2.05, 4.69) is 5.32 Å². The summed E-state index contributed by atoms with van der Waals surface area (Å²) in [5.41, 5.74) is 0.816. The molecule has 1 aliphatic rings. The van der Waals surface area contributed by atoms with Gasteiger partial charge in [0.1, 0.15) is 11.5 Å². The molecule has 1 fully saturated rings. The summed E-state index contributed by atoms with van der Waals surface area (Å²) in [4.78, 5) is 14.2. The third-order valence-corrected chi connectivity index (χ3v) is 3.33. The molecule has 0 spiro atoms. The number of benzene rings is 1. The second-order valence-electron chi connectivity index (χ2n) is 4.45. The molecule has 0 aromatic heterocycles. The number of methoxy groups -OCH3 is 2. The fraction of sp³-hybridized carbons (Fsp3) is 0.500. The Morgan fingerprint density at radius 3 is 2.32 bits per heavy atom. The lowest BCUT2D eigenvalue weighted by Crippen LogP contribution is -2.47. The van der Waals surface area contributed by atoms with E-state index in [0.717, 1.165) is 31.7 Å². The van der Waals surface area contributed by atoms with Crippen LogP contribution in [0.3, 0.4) is 0 Å². The number of carbonyl (C=O) groups is 1. The van der Waals surface area contributed by atoms with Gasteiger partial charge in [-0.1, -0.05) is 6.07 Å². The molecular formula is C14H20N2O3. The topological polar surface area (TPSA) is 50.8 Å². The number of hydrogen-bond acceptors (Lipinski definition) is 4. The average Bonchev–Trinajstić information content (AvgIpc) is 2.48. The molecule has 1 amide bonds. The van der Waals surface area contributed by atoms with Crippen LogP contribution in [-0.2, 0) is 11.2 Å². The average molecular weight is 264 g/mol. The Balaban J connectivity index is 2.15. The van der Waals surface area contributed by atoms with Crippen molar-refractivity contribution in [2.45, 2.75) is 6.42 Å². The van der Waals surface area contributed by atoms with E-state index < -0.39 is 0 Å². The SMILES string of the molecule is COc1cccc(OC)c1CC(=O)N1CCNCC1. The van der Waals surface area contributed by atoms with Crippen molar-refractivity contribution in [3.8, 4) is 11.5 Å².